The van der Waals surface area contributed by atoms with Gasteiger partial charge in [0.2, 0.25) is 5.91 Å². The molecule has 9 nitrogen and oxygen atoms in total. The molecule has 0 atom stereocenters. The molecule has 0 saturated carbocycles. The van der Waals surface area contributed by atoms with Crippen LogP contribution in [0.5, 0.6) is 5.75 Å². The molecular weight excluding hydrogens is 326 g/mol. The molecule has 1 N–H and O–H groups in total. The Morgan fingerprint density at radius 2 is 2.24 bits per heavy atom. The molecule has 1 aromatic carbocycles. The molecule has 0 unspecified atom stereocenters. The molecule has 1 aromatic heterocycles. The van der Waals surface area contributed by atoms with Crippen LogP contribution >= 0.6 is 0 Å². The van der Waals surface area contributed by atoms with Crippen molar-refractivity contribution < 1.29 is 14.5 Å². The summed E-state index contributed by atoms with van der Waals surface area (Å²) in [5.74, 6) is 0.563. The lowest BCUT2D eigenvalue weighted by atomic mass is 10.1. The number of hydrogen-bond donors (Lipinski definition) is 1. The standard InChI is InChI=1S/C16H19N5O4/c1-19-14(4-5-18-19)13-10-12(21(23)24)2-3-15(13)25-9-8-20-7-6-17-16(22)11-20/h2-5,10H,6-9,11H2,1H3,(H,17,22). The molecule has 0 radical (unpaired) electrons. The Morgan fingerprint density at radius 1 is 1.40 bits per heavy atom. The van der Waals surface area contributed by atoms with Crippen LogP contribution in [0.25, 0.3) is 11.3 Å². The lowest BCUT2D eigenvalue weighted by Crippen LogP contribution is -2.48. The van der Waals surface area contributed by atoms with Gasteiger partial charge in [0.25, 0.3) is 5.69 Å². The van der Waals surface area contributed by atoms with Crippen molar-refractivity contribution in [2.24, 2.45) is 7.05 Å². The van der Waals surface area contributed by atoms with E-state index < -0.39 is 4.92 Å². The normalized spacial score (nSPS) is 15.0. The third kappa shape index (κ3) is 3.94. The van der Waals surface area contributed by atoms with Gasteiger partial charge in [-0.25, -0.2) is 0 Å². The molecule has 1 saturated heterocycles. The molecule has 3 rings (SSSR count). The number of carbonyl (C=O) groups is 1. The van der Waals surface area contributed by atoms with Crippen molar-refractivity contribution in [2.75, 3.05) is 32.8 Å². The van der Waals surface area contributed by atoms with Crippen LogP contribution in [0.3, 0.4) is 0 Å². The van der Waals surface area contributed by atoms with Crippen molar-refractivity contribution in [3.05, 3.63) is 40.6 Å². The van der Waals surface area contributed by atoms with E-state index in [1.165, 1.54) is 12.1 Å². The quantitative estimate of drug-likeness (QED) is 0.614. The number of benzene rings is 1. The van der Waals surface area contributed by atoms with Gasteiger partial charge in [0.05, 0.1) is 17.2 Å². The maximum atomic E-state index is 11.4. The summed E-state index contributed by atoms with van der Waals surface area (Å²) in [6.07, 6.45) is 1.63. The number of aromatic nitrogens is 2. The van der Waals surface area contributed by atoms with Crippen LogP contribution in [0.15, 0.2) is 30.5 Å². The molecule has 0 bridgehead atoms. The molecule has 0 aliphatic carbocycles. The number of aryl methyl sites for hydroxylation is 1. The summed E-state index contributed by atoms with van der Waals surface area (Å²) >= 11 is 0. The van der Waals surface area contributed by atoms with Gasteiger partial charge in [-0.15, -0.1) is 0 Å². The Morgan fingerprint density at radius 3 is 2.92 bits per heavy atom. The number of non-ortho nitro benzene ring substituents is 1. The molecule has 132 valence electrons. The summed E-state index contributed by atoms with van der Waals surface area (Å²) in [5.41, 5.74) is 1.35. The molecule has 2 aromatic rings. The summed E-state index contributed by atoms with van der Waals surface area (Å²) < 4.78 is 7.49. The van der Waals surface area contributed by atoms with E-state index >= 15 is 0 Å². The Balaban J connectivity index is 1.75. The van der Waals surface area contributed by atoms with Crippen molar-refractivity contribution in [2.45, 2.75) is 0 Å². The zero-order chi connectivity index (χ0) is 17.8. The van der Waals surface area contributed by atoms with E-state index in [1.807, 2.05) is 4.90 Å². The van der Waals surface area contributed by atoms with Crippen molar-refractivity contribution in [1.82, 2.24) is 20.0 Å². The molecule has 1 aliphatic heterocycles. The summed E-state index contributed by atoms with van der Waals surface area (Å²) in [6, 6.07) is 6.29. The van der Waals surface area contributed by atoms with Crippen LogP contribution in [-0.2, 0) is 11.8 Å². The predicted octanol–water partition coefficient (Wildman–Crippen LogP) is 0.806. The van der Waals surface area contributed by atoms with Crippen molar-refractivity contribution >= 4 is 11.6 Å². The first-order chi connectivity index (χ1) is 12.0. The molecule has 1 amide bonds. The van der Waals surface area contributed by atoms with Gasteiger partial charge in [0, 0.05) is 50.6 Å². The van der Waals surface area contributed by atoms with E-state index in [2.05, 4.69) is 10.4 Å². The van der Waals surface area contributed by atoms with Crippen LogP contribution in [-0.4, -0.2) is 58.3 Å². The van der Waals surface area contributed by atoms with E-state index in [-0.39, 0.29) is 11.6 Å². The number of hydrogen-bond acceptors (Lipinski definition) is 6. The zero-order valence-electron chi connectivity index (χ0n) is 13.8. The topological polar surface area (TPSA) is 103 Å². The highest BCUT2D eigenvalue weighted by Gasteiger charge is 2.18. The van der Waals surface area contributed by atoms with Crippen molar-refractivity contribution in [3.63, 3.8) is 0 Å². The van der Waals surface area contributed by atoms with Crippen LogP contribution in [0.1, 0.15) is 0 Å². The first-order valence-corrected chi connectivity index (χ1v) is 7.93. The van der Waals surface area contributed by atoms with Gasteiger partial charge >= 0.3 is 0 Å². The fraction of sp³-hybridized carbons (Fsp3) is 0.375. The highest BCUT2D eigenvalue weighted by molar-refractivity contribution is 5.78. The number of nitrogens with one attached hydrogen (secondary N) is 1. The van der Waals surface area contributed by atoms with Crippen LogP contribution in [0.4, 0.5) is 5.69 Å². The van der Waals surface area contributed by atoms with Gasteiger partial charge in [-0.2, -0.15) is 5.10 Å². The van der Waals surface area contributed by atoms with Gasteiger partial charge in [-0.05, 0) is 12.1 Å². The predicted molar refractivity (Wildman–Crippen MR) is 90.2 cm³/mol. The van der Waals surface area contributed by atoms with Crippen LogP contribution in [0, 0.1) is 10.1 Å². The Bertz CT molecular complexity index is 789. The second kappa shape index (κ2) is 7.31. The molecular formula is C16H19N5O4. The first-order valence-electron chi connectivity index (χ1n) is 7.93. The van der Waals surface area contributed by atoms with Crippen LogP contribution in [0.2, 0.25) is 0 Å². The largest absolute Gasteiger partial charge is 0.492 e. The average Bonchev–Trinajstić information content (AvgIpc) is 3.01. The minimum absolute atomic E-state index is 0.00347. The van der Waals surface area contributed by atoms with Gasteiger partial charge in [0.1, 0.15) is 12.4 Å². The van der Waals surface area contributed by atoms with E-state index in [0.717, 1.165) is 12.2 Å². The SMILES string of the molecule is Cn1nccc1-c1cc([N+](=O)[O-])ccc1OCCN1CCNC(=O)C1. The first kappa shape index (κ1) is 16.9. The molecule has 9 heteroatoms. The number of nitro benzene ring substituents is 1. The highest BCUT2D eigenvalue weighted by atomic mass is 16.6. The fourth-order valence-corrected chi connectivity index (χ4v) is 2.76. The minimum atomic E-state index is -0.435. The number of amides is 1. The number of carbonyl (C=O) groups excluding carboxylic acids is 1. The van der Waals surface area contributed by atoms with Gasteiger partial charge in [-0.3, -0.25) is 24.5 Å². The third-order valence-corrected chi connectivity index (χ3v) is 4.05. The maximum absolute atomic E-state index is 11.4. The number of rotatable bonds is 6. The minimum Gasteiger partial charge on any atom is -0.492 e. The highest BCUT2D eigenvalue weighted by Crippen LogP contribution is 2.33. The Labute approximate surface area is 144 Å². The van der Waals surface area contributed by atoms with E-state index in [4.69, 9.17) is 4.74 Å². The Hall–Kier alpha value is -2.94. The Kier molecular flexibility index (Phi) is 4.94. The van der Waals surface area contributed by atoms with Gasteiger partial charge < -0.3 is 10.1 Å². The number of nitrogens with zero attached hydrogens (tertiary/aromatic N) is 4. The van der Waals surface area contributed by atoms with Gasteiger partial charge in [-0.1, -0.05) is 0 Å². The second-order valence-electron chi connectivity index (χ2n) is 5.75. The molecule has 2 heterocycles. The lowest BCUT2D eigenvalue weighted by molar-refractivity contribution is -0.384. The average molecular weight is 345 g/mol. The maximum Gasteiger partial charge on any atom is 0.270 e. The molecule has 0 spiro atoms. The second-order valence-corrected chi connectivity index (χ2v) is 5.75. The number of piperazine rings is 1. The number of nitro groups is 1. The summed E-state index contributed by atoms with van der Waals surface area (Å²) in [5, 5.41) is 18.0. The van der Waals surface area contributed by atoms with E-state index in [1.54, 1.807) is 30.1 Å². The van der Waals surface area contributed by atoms with Crippen molar-refractivity contribution in [3.8, 4) is 17.0 Å². The van der Waals surface area contributed by atoms with Gasteiger partial charge in [0.15, 0.2) is 0 Å². The summed E-state index contributed by atoms with van der Waals surface area (Å²) in [4.78, 5) is 24.0. The van der Waals surface area contributed by atoms with Crippen LogP contribution < -0.4 is 10.1 Å². The molecule has 25 heavy (non-hydrogen) atoms. The summed E-state index contributed by atoms with van der Waals surface area (Å²) in [6.45, 7) is 2.77. The number of ether oxygens (including phenoxy) is 1. The summed E-state index contributed by atoms with van der Waals surface area (Å²) in [7, 11) is 1.77. The lowest BCUT2D eigenvalue weighted by Gasteiger charge is -2.26. The van der Waals surface area contributed by atoms with E-state index in [9.17, 15) is 14.9 Å². The zero-order valence-corrected chi connectivity index (χ0v) is 13.8. The smallest absolute Gasteiger partial charge is 0.270 e. The molecule has 1 fully saturated rings. The molecule has 1 aliphatic rings. The fourth-order valence-electron chi connectivity index (χ4n) is 2.76. The van der Waals surface area contributed by atoms with E-state index in [0.29, 0.717) is 37.6 Å². The van der Waals surface area contributed by atoms with Crippen molar-refractivity contribution in [1.29, 1.82) is 0 Å². The third-order valence-electron chi connectivity index (χ3n) is 4.05. The monoisotopic (exact) mass is 345 g/mol.